The summed E-state index contributed by atoms with van der Waals surface area (Å²) < 4.78 is 1.67. The lowest BCUT2D eigenvalue weighted by molar-refractivity contribution is -0.176. The summed E-state index contributed by atoms with van der Waals surface area (Å²) in [6.45, 7) is 0.198. The van der Waals surface area contributed by atoms with Crippen molar-refractivity contribution in [2.45, 2.75) is 55.4 Å². The summed E-state index contributed by atoms with van der Waals surface area (Å²) in [6, 6.07) is 13.8. The number of ketones is 1. The molecule has 45 heavy (non-hydrogen) atoms. The molecule has 0 saturated carbocycles. The Morgan fingerprint density at radius 1 is 1.00 bits per heavy atom. The number of carbonyl (C=O) groups is 6. The Morgan fingerprint density at radius 2 is 1.71 bits per heavy atom. The highest BCUT2D eigenvalue weighted by molar-refractivity contribution is 7.99. The molecule has 2 fully saturated rings. The van der Waals surface area contributed by atoms with Gasteiger partial charge in [0.15, 0.2) is 10.9 Å². The summed E-state index contributed by atoms with van der Waals surface area (Å²) in [5.41, 5.74) is 1.10. The fourth-order valence-corrected chi connectivity index (χ4v) is 6.12. The zero-order valence-electron chi connectivity index (χ0n) is 24.1. The number of carbonyl (C=O) groups excluding carboxylic acids is 5. The van der Waals surface area contributed by atoms with Gasteiger partial charge in [-0.15, -0.1) is 10.2 Å². The Morgan fingerprint density at radius 3 is 2.42 bits per heavy atom. The molecule has 14 nitrogen and oxygen atoms in total. The Balaban J connectivity index is 1.30. The van der Waals surface area contributed by atoms with Crippen LogP contribution in [0, 0.1) is 0 Å². The van der Waals surface area contributed by atoms with Gasteiger partial charge in [0.2, 0.25) is 11.8 Å². The highest BCUT2D eigenvalue weighted by atomic mass is 32.2. The van der Waals surface area contributed by atoms with Crippen molar-refractivity contribution in [1.82, 2.24) is 35.4 Å². The number of nitrogens with zero attached hydrogens (tertiary/aromatic N) is 5. The molecule has 3 N–H and O–H groups in total. The lowest BCUT2D eigenvalue weighted by Crippen LogP contribution is -2.64. The van der Waals surface area contributed by atoms with E-state index in [1.54, 1.807) is 34.9 Å². The molecule has 4 amide bonds. The van der Waals surface area contributed by atoms with Crippen molar-refractivity contribution in [2.75, 3.05) is 12.3 Å². The van der Waals surface area contributed by atoms with Crippen LogP contribution in [0.4, 0.5) is 0 Å². The average Bonchev–Trinajstić information content (AvgIpc) is 3.49. The first-order valence-electron chi connectivity index (χ1n) is 14.4. The van der Waals surface area contributed by atoms with Crippen LogP contribution in [0.5, 0.6) is 0 Å². The van der Waals surface area contributed by atoms with Crippen molar-refractivity contribution in [1.29, 1.82) is 0 Å². The molecular weight excluding hydrogens is 602 g/mol. The van der Waals surface area contributed by atoms with Crippen LogP contribution < -0.4 is 10.6 Å². The van der Waals surface area contributed by atoms with Gasteiger partial charge < -0.3 is 15.7 Å². The number of Topliss-reactive ketones (excluding diaryl/α,β-unsaturated/α-hetero) is 1. The third kappa shape index (κ3) is 7.37. The van der Waals surface area contributed by atoms with Gasteiger partial charge in [-0.05, 0) is 43.5 Å². The first-order chi connectivity index (χ1) is 21.7. The van der Waals surface area contributed by atoms with E-state index in [1.165, 1.54) is 11.3 Å². The fourth-order valence-electron chi connectivity index (χ4n) is 5.25. The second-order valence-corrected chi connectivity index (χ2v) is 11.5. The molecule has 0 bridgehead atoms. The number of benzene rings is 2. The maximum atomic E-state index is 13.7. The zero-order valence-corrected chi connectivity index (χ0v) is 24.9. The summed E-state index contributed by atoms with van der Waals surface area (Å²) in [4.78, 5) is 78.1. The smallest absolute Gasteiger partial charge is 0.305 e. The SMILES string of the molecule is O=C(O)C[C@H](NC(=O)[C@@H]1CCCN2C(=O)CC[C@H](NC(=O)c3ccccc3)C(=O)N12)C(=O)CSc1nncn1-c1ccccc1. The van der Waals surface area contributed by atoms with Crippen LogP contribution in [0.3, 0.4) is 0 Å². The van der Waals surface area contributed by atoms with E-state index in [2.05, 4.69) is 20.8 Å². The molecule has 3 heterocycles. The molecule has 234 valence electrons. The predicted molar refractivity (Wildman–Crippen MR) is 160 cm³/mol. The molecule has 0 unspecified atom stereocenters. The Bertz CT molecular complexity index is 1580. The number of hydrogen-bond donors (Lipinski definition) is 3. The Labute approximate surface area is 262 Å². The lowest BCUT2D eigenvalue weighted by Gasteiger charge is -2.43. The number of fused-ring (bicyclic) bond motifs is 1. The summed E-state index contributed by atoms with van der Waals surface area (Å²) in [5, 5.41) is 25.3. The normalized spacial score (nSPS) is 18.8. The van der Waals surface area contributed by atoms with Crippen molar-refractivity contribution >= 4 is 47.1 Å². The first-order valence-corrected chi connectivity index (χ1v) is 15.3. The molecular formula is C30H31N7O7S. The monoisotopic (exact) mass is 633 g/mol. The number of thioether (sulfide) groups is 1. The number of hydrogen-bond acceptors (Lipinski definition) is 9. The number of carboxylic acid groups (broad SMARTS) is 1. The molecule has 1 aromatic heterocycles. The maximum absolute atomic E-state index is 13.7. The van der Waals surface area contributed by atoms with Gasteiger partial charge in [-0.3, -0.25) is 38.3 Å². The minimum atomic E-state index is -1.41. The third-order valence-corrected chi connectivity index (χ3v) is 8.45. The number of amides is 4. The van der Waals surface area contributed by atoms with Gasteiger partial charge in [-0.2, -0.15) is 0 Å². The third-order valence-electron chi connectivity index (χ3n) is 7.48. The molecule has 5 rings (SSSR count). The van der Waals surface area contributed by atoms with E-state index in [-0.39, 0.29) is 37.5 Å². The maximum Gasteiger partial charge on any atom is 0.305 e. The number of para-hydroxylation sites is 1. The van der Waals surface area contributed by atoms with E-state index < -0.39 is 54.0 Å². The second-order valence-electron chi connectivity index (χ2n) is 10.5. The van der Waals surface area contributed by atoms with Crippen molar-refractivity contribution in [3.05, 3.63) is 72.6 Å². The van der Waals surface area contributed by atoms with Gasteiger partial charge >= 0.3 is 5.97 Å². The van der Waals surface area contributed by atoms with Gasteiger partial charge in [0.05, 0.1) is 18.2 Å². The van der Waals surface area contributed by atoms with E-state index in [0.717, 1.165) is 22.5 Å². The van der Waals surface area contributed by atoms with Crippen LogP contribution in [-0.2, 0) is 24.0 Å². The summed E-state index contributed by atoms with van der Waals surface area (Å²) in [6.07, 6.45) is 1.39. The minimum Gasteiger partial charge on any atom is -0.481 e. The predicted octanol–water partition coefficient (Wildman–Crippen LogP) is 1.22. The van der Waals surface area contributed by atoms with Crippen LogP contribution in [-0.4, -0.2) is 95.7 Å². The zero-order chi connectivity index (χ0) is 31.9. The fraction of sp³-hybridized carbons (Fsp3) is 0.333. The van der Waals surface area contributed by atoms with Gasteiger partial charge in [-0.25, -0.2) is 5.01 Å². The minimum absolute atomic E-state index is 0.0265. The topological polar surface area (TPSA) is 184 Å². The molecule has 2 aliphatic heterocycles. The van der Waals surface area contributed by atoms with Gasteiger partial charge in [0.1, 0.15) is 18.4 Å². The highest BCUT2D eigenvalue weighted by Gasteiger charge is 2.45. The number of carboxylic acids is 1. The molecule has 3 atom stereocenters. The van der Waals surface area contributed by atoms with Crippen LogP contribution in [0.2, 0.25) is 0 Å². The van der Waals surface area contributed by atoms with Crippen molar-refractivity contribution in [2.24, 2.45) is 0 Å². The number of hydrazine groups is 1. The number of nitrogens with one attached hydrogen (secondary N) is 2. The second kappa shape index (κ2) is 14.2. The average molecular weight is 634 g/mol. The quantitative estimate of drug-likeness (QED) is 0.260. The van der Waals surface area contributed by atoms with Gasteiger partial charge in [0, 0.05) is 24.2 Å². The van der Waals surface area contributed by atoms with E-state index in [4.69, 9.17) is 0 Å². The highest BCUT2D eigenvalue weighted by Crippen LogP contribution is 2.26. The number of rotatable bonds is 11. The summed E-state index contributed by atoms with van der Waals surface area (Å²) in [7, 11) is 0. The van der Waals surface area contributed by atoms with Crippen LogP contribution in [0.25, 0.3) is 5.69 Å². The van der Waals surface area contributed by atoms with Crippen molar-refractivity contribution in [3.8, 4) is 5.69 Å². The Kier molecular flexibility index (Phi) is 9.87. The molecule has 2 saturated heterocycles. The van der Waals surface area contributed by atoms with Crippen LogP contribution in [0.15, 0.2) is 72.1 Å². The molecule has 0 spiro atoms. The summed E-state index contributed by atoms with van der Waals surface area (Å²) >= 11 is 1.04. The van der Waals surface area contributed by atoms with E-state index in [0.29, 0.717) is 17.1 Å². The number of aliphatic carboxylic acids is 1. The number of aromatic nitrogens is 3. The Hall–Kier alpha value is -5.05. The van der Waals surface area contributed by atoms with Gasteiger partial charge in [-0.1, -0.05) is 48.2 Å². The molecule has 2 aromatic carbocycles. The van der Waals surface area contributed by atoms with E-state index in [1.807, 2.05) is 30.3 Å². The van der Waals surface area contributed by atoms with E-state index >= 15 is 0 Å². The summed E-state index contributed by atoms with van der Waals surface area (Å²) in [5.74, 6) is -4.38. The lowest BCUT2D eigenvalue weighted by atomic mass is 10.0. The van der Waals surface area contributed by atoms with Crippen molar-refractivity contribution < 1.29 is 33.9 Å². The molecule has 15 heteroatoms. The van der Waals surface area contributed by atoms with Crippen LogP contribution in [0.1, 0.15) is 42.5 Å². The molecule has 3 aromatic rings. The molecule has 2 aliphatic rings. The standard InChI is InChI=1S/C30H31N7O7S/c38-24(17-45-30-34-31-18-35(30)20-10-5-2-6-11-20)22(16-26(40)41)33-28(43)23-12-7-15-36-25(39)14-13-21(29(44)37(23)36)32-27(42)19-8-3-1-4-9-19/h1-6,8-11,18,21-23H,7,12-17H2,(H,32,42)(H,33,43)(H,40,41)/t21-,22-,23-/m0/s1. The molecule has 0 aliphatic carbocycles. The largest absolute Gasteiger partial charge is 0.481 e. The van der Waals surface area contributed by atoms with E-state index in [9.17, 15) is 33.9 Å². The molecule has 0 radical (unpaired) electrons. The first kappa shape index (κ1) is 31.4. The van der Waals surface area contributed by atoms with Crippen LogP contribution >= 0.6 is 11.8 Å². The van der Waals surface area contributed by atoms with Gasteiger partial charge in [0.25, 0.3) is 11.8 Å². The van der Waals surface area contributed by atoms with Crippen molar-refractivity contribution in [3.63, 3.8) is 0 Å².